The topological polar surface area (TPSA) is 76.9 Å². The number of anilines is 1. The van der Waals surface area contributed by atoms with Gasteiger partial charge < -0.3 is 5.32 Å². The summed E-state index contributed by atoms with van der Waals surface area (Å²) in [6.07, 6.45) is 6.86. The van der Waals surface area contributed by atoms with Crippen molar-refractivity contribution in [3.8, 4) is 0 Å². The number of hydrogen-bond donors (Lipinski definition) is 1. The van der Waals surface area contributed by atoms with Crippen molar-refractivity contribution in [3.05, 3.63) is 51.0 Å². The van der Waals surface area contributed by atoms with E-state index < -0.39 is 0 Å². The van der Waals surface area contributed by atoms with E-state index in [0.29, 0.717) is 21.9 Å². The molecule has 0 fully saturated rings. The number of nitrogens with zero attached hydrogens (tertiary/aromatic N) is 3. The smallest absolute Gasteiger partial charge is 0.261 e. The van der Waals surface area contributed by atoms with Gasteiger partial charge in [-0.3, -0.25) is 14.2 Å². The summed E-state index contributed by atoms with van der Waals surface area (Å²) in [6.45, 7) is 1.68. The van der Waals surface area contributed by atoms with E-state index in [2.05, 4.69) is 15.3 Å². The first-order chi connectivity index (χ1) is 13.1. The van der Waals surface area contributed by atoms with E-state index in [9.17, 15) is 9.59 Å². The first kappa shape index (κ1) is 17.9. The SMILES string of the molecule is Cc1nc2ccccc2c(=O)n1CC(=O)Nc1nc2c(s1)CCCCCC2. The highest BCUT2D eigenvalue weighted by molar-refractivity contribution is 7.15. The monoisotopic (exact) mass is 382 g/mol. The lowest BCUT2D eigenvalue weighted by Gasteiger charge is -2.10. The Balaban J connectivity index is 1.54. The van der Waals surface area contributed by atoms with E-state index in [1.165, 1.54) is 28.7 Å². The van der Waals surface area contributed by atoms with Gasteiger partial charge in [-0.2, -0.15) is 0 Å². The van der Waals surface area contributed by atoms with Crippen LogP contribution in [-0.2, 0) is 24.2 Å². The molecule has 0 radical (unpaired) electrons. The largest absolute Gasteiger partial charge is 0.300 e. The van der Waals surface area contributed by atoms with Crippen LogP contribution in [0.25, 0.3) is 10.9 Å². The van der Waals surface area contributed by atoms with Crippen molar-refractivity contribution in [1.29, 1.82) is 0 Å². The van der Waals surface area contributed by atoms with Crippen molar-refractivity contribution in [2.75, 3.05) is 5.32 Å². The van der Waals surface area contributed by atoms with E-state index in [0.717, 1.165) is 25.0 Å². The van der Waals surface area contributed by atoms with Crippen LogP contribution in [0, 0.1) is 6.92 Å². The van der Waals surface area contributed by atoms with E-state index >= 15 is 0 Å². The Kier molecular flexibility index (Phi) is 5.03. The number of carbonyl (C=O) groups excluding carboxylic acids is 1. The third-order valence-corrected chi connectivity index (χ3v) is 6.02. The molecular weight excluding hydrogens is 360 g/mol. The van der Waals surface area contributed by atoms with E-state index in [-0.39, 0.29) is 18.0 Å². The highest BCUT2D eigenvalue weighted by Crippen LogP contribution is 2.28. The number of aryl methyl sites for hydroxylation is 3. The molecule has 0 saturated heterocycles. The maximum Gasteiger partial charge on any atom is 0.261 e. The maximum absolute atomic E-state index is 12.7. The molecule has 0 unspecified atom stereocenters. The van der Waals surface area contributed by atoms with Crippen molar-refractivity contribution in [1.82, 2.24) is 14.5 Å². The molecule has 0 bridgehead atoms. The van der Waals surface area contributed by atoms with E-state index in [1.807, 2.05) is 6.07 Å². The van der Waals surface area contributed by atoms with Crippen molar-refractivity contribution < 1.29 is 4.79 Å². The van der Waals surface area contributed by atoms with Crippen molar-refractivity contribution in [2.24, 2.45) is 0 Å². The minimum atomic E-state index is -0.251. The Morgan fingerprint density at radius 3 is 2.78 bits per heavy atom. The Bertz CT molecular complexity index is 1030. The van der Waals surface area contributed by atoms with Crippen LogP contribution in [0.4, 0.5) is 5.13 Å². The van der Waals surface area contributed by atoms with Crippen LogP contribution in [-0.4, -0.2) is 20.4 Å². The number of fused-ring (bicyclic) bond motifs is 2. The first-order valence-electron chi connectivity index (χ1n) is 9.36. The van der Waals surface area contributed by atoms with Crippen LogP contribution < -0.4 is 10.9 Å². The fourth-order valence-corrected chi connectivity index (χ4v) is 4.59. The summed E-state index contributed by atoms with van der Waals surface area (Å²) in [7, 11) is 0. The number of amides is 1. The van der Waals surface area contributed by atoms with Gasteiger partial charge in [0.2, 0.25) is 5.91 Å². The second-order valence-corrected chi connectivity index (χ2v) is 8.00. The zero-order chi connectivity index (χ0) is 18.8. The molecule has 0 saturated carbocycles. The standard InChI is InChI=1S/C20H22N4O2S/c1-13-21-15-9-7-6-8-14(15)19(26)24(13)12-18(25)23-20-22-16-10-4-2-3-5-11-17(16)27-20/h6-9H,2-5,10-12H2,1H3,(H,22,23,25). The summed E-state index contributed by atoms with van der Waals surface area (Å²) in [5, 5.41) is 4.02. The van der Waals surface area contributed by atoms with Gasteiger partial charge in [-0.15, -0.1) is 11.3 Å². The summed E-state index contributed by atoms with van der Waals surface area (Å²) < 4.78 is 1.42. The number of aromatic nitrogens is 3. The van der Waals surface area contributed by atoms with Gasteiger partial charge in [0.1, 0.15) is 12.4 Å². The quantitative estimate of drug-likeness (QED) is 0.753. The molecule has 4 rings (SSSR count). The number of para-hydroxylation sites is 1. The average Bonchev–Trinajstić information content (AvgIpc) is 2.99. The molecule has 7 heteroatoms. The molecule has 0 atom stereocenters. The van der Waals surface area contributed by atoms with Gasteiger partial charge in [0.15, 0.2) is 5.13 Å². The molecule has 2 heterocycles. The van der Waals surface area contributed by atoms with Crippen LogP contribution in [0.2, 0.25) is 0 Å². The van der Waals surface area contributed by atoms with Gasteiger partial charge in [0, 0.05) is 4.88 Å². The summed E-state index contributed by atoms with van der Waals surface area (Å²) in [5.41, 5.74) is 1.58. The molecule has 1 amide bonds. The Morgan fingerprint density at radius 2 is 1.93 bits per heavy atom. The van der Waals surface area contributed by atoms with Gasteiger partial charge in [-0.25, -0.2) is 9.97 Å². The van der Waals surface area contributed by atoms with Crippen molar-refractivity contribution >= 4 is 33.3 Å². The van der Waals surface area contributed by atoms with Gasteiger partial charge in [-0.05, 0) is 44.7 Å². The lowest BCUT2D eigenvalue weighted by atomic mass is 10.0. The third-order valence-electron chi connectivity index (χ3n) is 4.95. The minimum Gasteiger partial charge on any atom is -0.300 e. The normalized spacial score (nSPS) is 14.4. The second kappa shape index (κ2) is 7.60. The number of carbonyl (C=O) groups is 1. The molecule has 0 spiro atoms. The van der Waals surface area contributed by atoms with Crippen LogP contribution in [0.15, 0.2) is 29.1 Å². The number of nitrogens with one attached hydrogen (secondary N) is 1. The Labute approximate surface area is 161 Å². The van der Waals surface area contributed by atoms with E-state index in [4.69, 9.17) is 0 Å². The number of rotatable bonds is 3. The third kappa shape index (κ3) is 3.78. The summed E-state index contributed by atoms with van der Waals surface area (Å²) in [6, 6.07) is 7.19. The van der Waals surface area contributed by atoms with Gasteiger partial charge >= 0.3 is 0 Å². The molecule has 3 aromatic rings. The maximum atomic E-state index is 12.7. The predicted molar refractivity (Wildman–Crippen MR) is 107 cm³/mol. The van der Waals surface area contributed by atoms with Crippen LogP contribution in [0.3, 0.4) is 0 Å². The van der Waals surface area contributed by atoms with E-state index in [1.54, 1.807) is 36.5 Å². The van der Waals surface area contributed by atoms with Crippen LogP contribution in [0.1, 0.15) is 42.1 Å². The number of thiazole rings is 1. The zero-order valence-electron chi connectivity index (χ0n) is 15.3. The second-order valence-electron chi connectivity index (χ2n) is 6.92. The highest BCUT2D eigenvalue weighted by atomic mass is 32.1. The summed E-state index contributed by atoms with van der Waals surface area (Å²) >= 11 is 1.56. The van der Waals surface area contributed by atoms with Crippen LogP contribution >= 0.6 is 11.3 Å². The molecule has 1 aliphatic rings. The van der Waals surface area contributed by atoms with Gasteiger partial charge in [0.25, 0.3) is 5.56 Å². The number of benzene rings is 1. The fraction of sp³-hybridized carbons (Fsp3) is 0.400. The lowest BCUT2D eigenvalue weighted by molar-refractivity contribution is -0.116. The Hall–Kier alpha value is -2.54. The summed E-state index contributed by atoms with van der Waals surface area (Å²) in [5.74, 6) is 0.277. The average molecular weight is 382 g/mol. The molecule has 0 aliphatic heterocycles. The lowest BCUT2D eigenvalue weighted by Crippen LogP contribution is -2.30. The van der Waals surface area contributed by atoms with Crippen molar-refractivity contribution in [3.63, 3.8) is 0 Å². The van der Waals surface area contributed by atoms with Crippen molar-refractivity contribution in [2.45, 2.75) is 52.0 Å². The number of hydrogen-bond acceptors (Lipinski definition) is 5. The first-order valence-corrected chi connectivity index (χ1v) is 10.2. The van der Waals surface area contributed by atoms with Gasteiger partial charge in [-0.1, -0.05) is 25.0 Å². The molecule has 140 valence electrons. The predicted octanol–water partition coefficient (Wildman–Crippen LogP) is 3.46. The van der Waals surface area contributed by atoms with Gasteiger partial charge in [0.05, 0.1) is 16.6 Å². The summed E-state index contributed by atoms with van der Waals surface area (Å²) in [4.78, 5) is 35.6. The molecule has 6 nitrogen and oxygen atoms in total. The minimum absolute atomic E-state index is 0.0628. The zero-order valence-corrected chi connectivity index (χ0v) is 16.1. The molecule has 1 N–H and O–H groups in total. The molecule has 1 aromatic carbocycles. The molecule has 1 aliphatic carbocycles. The van der Waals surface area contributed by atoms with Crippen LogP contribution in [0.5, 0.6) is 0 Å². The highest BCUT2D eigenvalue weighted by Gasteiger charge is 2.16. The molecule has 2 aromatic heterocycles. The molecule has 27 heavy (non-hydrogen) atoms. The fourth-order valence-electron chi connectivity index (χ4n) is 3.53. The molecular formula is C20H22N4O2S. The Morgan fingerprint density at radius 1 is 1.15 bits per heavy atom.